The van der Waals surface area contributed by atoms with Crippen molar-refractivity contribution in [1.29, 1.82) is 0 Å². The molecule has 1 N–H and O–H groups in total. The van der Waals surface area contributed by atoms with Gasteiger partial charge in [0.15, 0.2) is 6.10 Å². The number of aliphatic hydroxyl groups excluding tert-OH is 1. The molecule has 0 aliphatic rings. The number of aliphatic hydroxyl groups is 1. The second-order valence-electron chi connectivity index (χ2n) is 2.21. The molecule has 1 rings (SSSR count). The highest BCUT2D eigenvalue weighted by Gasteiger charge is 2.17. The molecule has 64 valence electrons. The third kappa shape index (κ3) is 1.96. The normalized spacial score (nSPS) is 12.2. The van der Waals surface area contributed by atoms with Gasteiger partial charge < -0.3 is 9.40 Å². The summed E-state index contributed by atoms with van der Waals surface area (Å²) < 4.78 is 3.85. The molecule has 0 radical (unpaired) electrons. The number of halogens is 1. The summed E-state index contributed by atoms with van der Waals surface area (Å²) >= 11 is 4.79. The predicted molar refractivity (Wildman–Crippen MR) is 43.3 cm³/mol. The molecule has 4 heteroatoms. The van der Waals surface area contributed by atoms with Crippen molar-refractivity contribution in [3.63, 3.8) is 0 Å². The van der Waals surface area contributed by atoms with E-state index in [1.54, 1.807) is 30.3 Å². The highest BCUT2D eigenvalue weighted by Crippen LogP contribution is 2.13. The molecule has 0 fully saturated rings. The van der Waals surface area contributed by atoms with Crippen LogP contribution in [0.2, 0.25) is 0 Å². The van der Waals surface area contributed by atoms with Gasteiger partial charge in [-0.1, -0.05) is 30.3 Å². The molecule has 0 saturated heterocycles. The number of carbonyl (C=O) groups is 1. The number of benzene rings is 1. The number of hydrogen-bond acceptors (Lipinski definition) is 3. The Morgan fingerprint density at radius 2 is 2.00 bits per heavy atom. The summed E-state index contributed by atoms with van der Waals surface area (Å²) in [4.78, 5) is 10.7. The summed E-state index contributed by atoms with van der Waals surface area (Å²) in [5.74, 6) is -0.872. The van der Waals surface area contributed by atoms with Crippen LogP contribution in [0.25, 0.3) is 0 Å². The molecule has 0 bridgehead atoms. The first kappa shape index (κ1) is 9.03. The van der Waals surface area contributed by atoms with Gasteiger partial charge in [0.1, 0.15) is 11.9 Å². The Hall–Kier alpha value is -1.06. The molecule has 0 unspecified atom stereocenters. The molecular formula is C8H7ClO3. The van der Waals surface area contributed by atoms with Crippen LogP contribution in [0.15, 0.2) is 30.3 Å². The molecule has 0 saturated carbocycles. The summed E-state index contributed by atoms with van der Waals surface area (Å²) in [5, 5.41) is 9.23. The van der Waals surface area contributed by atoms with Crippen molar-refractivity contribution < 1.29 is 14.2 Å². The molecule has 12 heavy (non-hydrogen) atoms. The van der Waals surface area contributed by atoms with E-state index in [0.717, 1.165) is 0 Å². The minimum absolute atomic E-state index is 0.461. The number of carbonyl (C=O) groups excluding carboxylic acids is 1. The molecule has 1 atom stereocenters. The van der Waals surface area contributed by atoms with Gasteiger partial charge >= 0.3 is 5.97 Å². The predicted octanol–water partition coefficient (Wildman–Crippen LogP) is 1.42. The first-order valence-corrected chi connectivity index (χ1v) is 3.62. The Labute approximate surface area is 74.7 Å². The fourth-order valence-corrected chi connectivity index (χ4v) is 0.898. The zero-order valence-corrected chi connectivity index (χ0v) is 6.86. The minimum atomic E-state index is -1.30. The maximum absolute atomic E-state index is 10.7. The van der Waals surface area contributed by atoms with Gasteiger partial charge in [0.05, 0.1) is 0 Å². The van der Waals surface area contributed by atoms with E-state index >= 15 is 0 Å². The van der Waals surface area contributed by atoms with Crippen LogP contribution in [0, 0.1) is 0 Å². The van der Waals surface area contributed by atoms with Crippen LogP contribution < -0.4 is 0 Å². The van der Waals surface area contributed by atoms with Crippen molar-refractivity contribution >= 4 is 17.8 Å². The molecule has 0 aromatic heterocycles. The van der Waals surface area contributed by atoms with Gasteiger partial charge in [-0.15, -0.1) is 0 Å². The van der Waals surface area contributed by atoms with Crippen molar-refractivity contribution in [2.45, 2.75) is 6.10 Å². The first-order chi connectivity index (χ1) is 5.75. The second kappa shape index (κ2) is 4.09. The molecule has 0 spiro atoms. The smallest absolute Gasteiger partial charge is 0.357 e. The molecule has 1 aromatic carbocycles. The molecule has 3 nitrogen and oxygen atoms in total. The largest absolute Gasteiger partial charge is 0.377 e. The van der Waals surface area contributed by atoms with E-state index in [9.17, 15) is 9.90 Å². The van der Waals surface area contributed by atoms with Crippen molar-refractivity contribution in [2.75, 3.05) is 0 Å². The van der Waals surface area contributed by atoms with Gasteiger partial charge in [-0.2, -0.15) is 0 Å². The van der Waals surface area contributed by atoms with Gasteiger partial charge in [-0.25, -0.2) is 4.79 Å². The van der Waals surface area contributed by atoms with E-state index in [2.05, 4.69) is 4.29 Å². The van der Waals surface area contributed by atoms with Crippen LogP contribution >= 0.6 is 11.9 Å². The van der Waals surface area contributed by atoms with Crippen molar-refractivity contribution in [3.8, 4) is 0 Å². The quantitative estimate of drug-likeness (QED) is 0.760. The highest BCUT2D eigenvalue weighted by atomic mass is 35.5. The molecule has 0 heterocycles. The van der Waals surface area contributed by atoms with E-state index in [-0.39, 0.29) is 0 Å². The Bertz CT molecular complexity index is 260. The van der Waals surface area contributed by atoms with E-state index in [0.29, 0.717) is 5.56 Å². The van der Waals surface area contributed by atoms with Gasteiger partial charge in [-0.05, 0) is 5.56 Å². The summed E-state index contributed by atoms with van der Waals surface area (Å²) in [6, 6.07) is 8.42. The summed E-state index contributed by atoms with van der Waals surface area (Å²) in [6.07, 6.45) is -1.30. The standard InChI is InChI=1S/C8H7ClO3/c9-12-8(11)7(10)6-4-2-1-3-5-6/h1-5,7,10H/t7-/m1/s1. The molecule has 0 aliphatic carbocycles. The summed E-state index contributed by atoms with van der Waals surface area (Å²) in [6.45, 7) is 0. The van der Waals surface area contributed by atoms with Crippen molar-refractivity contribution in [3.05, 3.63) is 35.9 Å². The van der Waals surface area contributed by atoms with E-state index < -0.39 is 12.1 Å². The lowest BCUT2D eigenvalue weighted by molar-refractivity contribution is -0.143. The second-order valence-corrected chi connectivity index (χ2v) is 2.36. The SMILES string of the molecule is O=C(OCl)[C@H](O)c1ccccc1. The maximum atomic E-state index is 10.7. The number of hydrogen-bond donors (Lipinski definition) is 1. The van der Waals surface area contributed by atoms with Crippen LogP contribution in [-0.4, -0.2) is 11.1 Å². The van der Waals surface area contributed by atoms with E-state index in [1.165, 1.54) is 0 Å². The lowest BCUT2D eigenvalue weighted by Crippen LogP contribution is -2.11. The molecule has 0 amide bonds. The first-order valence-electron chi connectivity index (χ1n) is 3.31. The van der Waals surface area contributed by atoms with Gasteiger partial charge in [0.2, 0.25) is 0 Å². The minimum Gasteiger partial charge on any atom is -0.377 e. The van der Waals surface area contributed by atoms with Crippen LogP contribution in [-0.2, 0) is 9.08 Å². The third-order valence-corrected chi connectivity index (χ3v) is 1.57. The Kier molecular flexibility index (Phi) is 3.08. The Morgan fingerprint density at radius 1 is 1.42 bits per heavy atom. The Balaban J connectivity index is 2.78. The van der Waals surface area contributed by atoms with Gasteiger partial charge in [0, 0.05) is 0 Å². The van der Waals surface area contributed by atoms with Crippen molar-refractivity contribution in [2.24, 2.45) is 0 Å². The average molecular weight is 187 g/mol. The fraction of sp³-hybridized carbons (Fsp3) is 0.125. The number of rotatable bonds is 2. The lowest BCUT2D eigenvalue weighted by Gasteiger charge is -2.05. The highest BCUT2D eigenvalue weighted by molar-refractivity contribution is 6.13. The zero-order chi connectivity index (χ0) is 8.97. The van der Waals surface area contributed by atoms with Crippen LogP contribution in [0.1, 0.15) is 11.7 Å². The monoisotopic (exact) mass is 186 g/mol. The third-order valence-electron chi connectivity index (χ3n) is 1.41. The van der Waals surface area contributed by atoms with Crippen LogP contribution in [0.4, 0.5) is 0 Å². The zero-order valence-electron chi connectivity index (χ0n) is 6.11. The van der Waals surface area contributed by atoms with Gasteiger partial charge in [0.25, 0.3) is 0 Å². The fourth-order valence-electron chi connectivity index (χ4n) is 0.814. The van der Waals surface area contributed by atoms with E-state index in [4.69, 9.17) is 11.9 Å². The van der Waals surface area contributed by atoms with Gasteiger partial charge in [-0.3, -0.25) is 0 Å². The van der Waals surface area contributed by atoms with E-state index in [1.807, 2.05) is 0 Å². The summed E-state index contributed by atoms with van der Waals surface area (Å²) in [5.41, 5.74) is 0.461. The molecular weight excluding hydrogens is 180 g/mol. The summed E-state index contributed by atoms with van der Waals surface area (Å²) in [7, 11) is 0. The Morgan fingerprint density at radius 3 is 2.50 bits per heavy atom. The van der Waals surface area contributed by atoms with Crippen LogP contribution in [0.5, 0.6) is 0 Å². The topological polar surface area (TPSA) is 46.5 Å². The molecule has 1 aromatic rings. The average Bonchev–Trinajstić information content (AvgIpc) is 2.17. The van der Waals surface area contributed by atoms with Crippen LogP contribution in [0.3, 0.4) is 0 Å². The maximum Gasteiger partial charge on any atom is 0.357 e. The van der Waals surface area contributed by atoms with Crippen molar-refractivity contribution in [1.82, 2.24) is 0 Å². The lowest BCUT2D eigenvalue weighted by atomic mass is 10.1. The molecule has 0 aliphatic heterocycles.